The molecule has 1 aromatic rings. The van der Waals surface area contributed by atoms with Crippen LogP contribution in [0.25, 0.3) is 0 Å². The molecule has 136 valence electrons. The van der Waals surface area contributed by atoms with Crippen molar-refractivity contribution >= 4 is 6.03 Å². The van der Waals surface area contributed by atoms with E-state index in [4.69, 9.17) is 14.2 Å². The molecular weight excluding hydrogens is 320 g/mol. The molecule has 2 aliphatic heterocycles. The van der Waals surface area contributed by atoms with E-state index in [1.54, 1.807) is 0 Å². The second-order valence-electron chi connectivity index (χ2n) is 7.05. The van der Waals surface area contributed by atoms with Gasteiger partial charge in [0.25, 0.3) is 0 Å². The standard InChI is InChI=1S/C19H26N2O4/c22-18(21-11-9-19(10-12-21)23-13-14-24-19)20-16-7-4-8-17(16)25-15-5-2-1-3-6-15/h1-3,5-6,16-17H,4,7-14H2,(H,20,22)/t16-,17-/m0/s1. The highest BCUT2D eigenvalue weighted by Gasteiger charge is 2.41. The summed E-state index contributed by atoms with van der Waals surface area (Å²) in [6.07, 6.45) is 4.55. The fourth-order valence-corrected chi connectivity index (χ4v) is 3.99. The van der Waals surface area contributed by atoms with Crippen molar-refractivity contribution in [2.75, 3.05) is 26.3 Å². The first-order chi connectivity index (χ1) is 12.2. The largest absolute Gasteiger partial charge is 0.488 e. The molecule has 6 nitrogen and oxygen atoms in total. The van der Waals surface area contributed by atoms with Crippen molar-refractivity contribution < 1.29 is 19.0 Å². The van der Waals surface area contributed by atoms with Gasteiger partial charge in [-0.1, -0.05) is 18.2 Å². The lowest BCUT2D eigenvalue weighted by atomic mass is 10.0. The number of likely N-dealkylation sites (tertiary alicyclic amines) is 1. The molecule has 0 aromatic heterocycles. The maximum absolute atomic E-state index is 12.6. The number of ether oxygens (including phenoxy) is 3. The molecule has 4 rings (SSSR count). The Morgan fingerprint density at radius 3 is 2.56 bits per heavy atom. The number of nitrogens with one attached hydrogen (secondary N) is 1. The van der Waals surface area contributed by atoms with Crippen molar-refractivity contribution in [1.29, 1.82) is 0 Å². The van der Waals surface area contributed by atoms with Crippen molar-refractivity contribution in [3.05, 3.63) is 30.3 Å². The van der Waals surface area contributed by atoms with E-state index in [-0.39, 0.29) is 18.2 Å². The summed E-state index contributed by atoms with van der Waals surface area (Å²) < 4.78 is 17.5. The molecule has 1 spiro atoms. The van der Waals surface area contributed by atoms with Gasteiger partial charge in [-0.05, 0) is 31.4 Å². The highest BCUT2D eigenvalue weighted by Crippen LogP contribution is 2.31. The Labute approximate surface area is 148 Å². The number of amides is 2. The second-order valence-corrected chi connectivity index (χ2v) is 7.05. The lowest BCUT2D eigenvalue weighted by Gasteiger charge is -2.38. The summed E-state index contributed by atoms with van der Waals surface area (Å²) in [5, 5.41) is 3.18. The van der Waals surface area contributed by atoms with E-state index in [9.17, 15) is 4.79 Å². The summed E-state index contributed by atoms with van der Waals surface area (Å²) in [5.74, 6) is 0.424. The number of urea groups is 1. The van der Waals surface area contributed by atoms with Crippen molar-refractivity contribution in [3.63, 3.8) is 0 Å². The molecule has 3 fully saturated rings. The first-order valence-electron chi connectivity index (χ1n) is 9.29. The van der Waals surface area contributed by atoms with E-state index in [1.165, 1.54) is 0 Å². The van der Waals surface area contributed by atoms with Crippen LogP contribution in [0.5, 0.6) is 5.75 Å². The zero-order valence-corrected chi connectivity index (χ0v) is 14.5. The van der Waals surface area contributed by atoms with Gasteiger partial charge >= 0.3 is 6.03 Å². The minimum Gasteiger partial charge on any atom is -0.488 e. The lowest BCUT2D eigenvalue weighted by molar-refractivity contribution is -0.181. The van der Waals surface area contributed by atoms with Crippen molar-refractivity contribution in [2.45, 2.75) is 50.0 Å². The smallest absolute Gasteiger partial charge is 0.317 e. The zero-order valence-electron chi connectivity index (χ0n) is 14.5. The molecule has 1 aromatic carbocycles. The van der Waals surface area contributed by atoms with Crippen LogP contribution in [0, 0.1) is 0 Å². The molecule has 6 heteroatoms. The Kier molecular flexibility index (Phi) is 4.81. The number of hydrogen-bond donors (Lipinski definition) is 1. The first kappa shape index (κ1) is 16.7. The van der Waals surface area contributed by atoms with Crippen LogP contribution in [-0.4, -0.2) is 55.2 Å². The van der Waals surface area contributed by atoms with Crippen LogP contribution >= 0.6 is 0 Å². The molecule has 25 heavy (non-hydrogen) atoms. The molecule has 1 saturated carbocycles. The number of nitrogens with zero attached hydrogens (tertiary/aromatic N) is 1. The first-order valence-corrected chi connectivity index (χ1v) is 9.29. The summed E-state index contributed by atoms with van der Waals surface area (Å²) in [4.78, 5) is 14.5. The van der Waals surface area contributed by atoms with E-state index in [0.29, 0.717) is 26.3 Å². The number of para-hydroxylation sites is 1. The van der Waals surface area contributed by atoms with E-state index >= 15 is 0 Å². The van der Waals surface area contributed by atoms with E-state index in [0.717, 1.165) is 37.9 Å². The number of rotatable bonds is 3. The maximum Gasteiger partial charge on any atom is 0.317 e. The summed E-state index contributed by atoms with van der Waals surface area (Å²) in [5.41, 5.74) is 0. The number of carbonyl (C=O) groups is 1. The summed E-state index contributed by atoms with van der Waals surface area (Å²) in [6.45, 7) is 2.66. The molecule has 1 aliphatic carbocycles. The molecule has 0 bridgehead atoms. The Hall–Kier alpha value is -1.79. The SMILES string of the molecule is O=C(N[C@H]1CCC[C@@H]1Oc1ccccc1)N1CCC2(CC1)OCCO2. The third-order valence-corrected chi connectivity index (χ3v) is 5.42. The Morgan fingerprint density at radius 2 is 1.84 bits per heavy atom. The highest BCUT2D eigenvalue weighted by atomic mass is 16.7. The van der Waals surface area contributed by atoms with Crippen LogP contribution in [0.1, 0.15) is 32.1 Å². The predicted octanol–water partition coefficient (Wildman–Crippen LogP) is 2.54. The minimum absolute atomic E-state index is 0.00130. The van der Waals surface area contributed by atoms with Crippen LogP contribution in [0.15, 0.2) is 30.3 Å². The Morgan fingerprint density at radius 1 is 1.12 bits per heavy atom. The molecule has 2 saturated heterocycles. The fraction of sp³-hybridized carbons (Fsp3) is 0.632. The fourth-order valence-electron chi connectivity index (χ4n) is 3.99. The van der Waals surface area contributed by atoms with Crippen molar-refractivity contribution in [2.24, 2.45) is 0 Å². The van der Waals surface area contributed by atoms with Gasteiger partial charge in [0.15, 0.2) is 5.79 Å². The minimum atomic E-state index is -0.441. The number of hydrogen-bond acceptors (Lipinski definition) is 4. The Bertz CT molecular complexity index is 578. The van der Waals surface area contributed by atoms with Crippen LogP contribution in [0.3, 0.4) is 0 Å². The molecule has 3 aliphatic rings. The van der Waals surface area contributed by atoms with Gasteiger partial charge in [-0.25, -0.2) is 4.79 Å². The van der Waals surface area contributed by atoms with Gasteiger partial charge in [-0.15, -0.1) is 0 Å². The van der Waals surface area contributed by atoms with Gasteiger partial charge < -0.3 is 24.4 Å². The molecule has 2 amide bonds. The summed E-state index contributed by atoms with van der Waals surface area (Å²) >= 11 is 0. The quantitative estimate of drug-likeness (QED) is 0.914. The third-order valence-electron chi connectivity index (χ3n) is 5.42. The Balaban J connectivity index is 1.29. The molecular formula is C19H26N2O4. The lowest BCUT2D eigenvalue weighted by Crippen LogP contribution is -2.53. The normalized spacial score (nSPS) is 28.2. The predicted molar refractivity (Wildman–Crippen MR) is 92.5 cm³/mol. The van der Waals surface area contributed by atoms with Gasteiger partial charge in [0.2, 0.25) is 0 Å². The topological polar surface area (TPSA) is 60.0 Å². The highest BCUT2D eigenvalue weighted by molar-refractivity contribution is 5.74. The van der Waals surface area contributed by atoms with Gasteiger partial charge in [0, 0.05) is 25.9 Å². The van der Waals surface area contributed by atoms with E-state index in [2.05, 4.69) is 5.32 Å². The van der Waals surface area contributed by atoms with Crippen molar-refractivity contribution in [3.8, 4) is 5.75 Å². The third kappa shape index (κ3) is 3.75. The van der Waals surface area contributed by atoms with E-state index < -0.39 is 5.79 Å². The molecule has 0 radical (unpaired) electrons. The summed E-state index contributed by atoms with van der Waals surface area (Å²) in [6, 6.07) is 9.90. The molecule has 2 heterocycles. The molecule has 0 unspecified atom stereocenters. The monoisotopic (exact) mass is 346 g/mol. The number of benzene rings is 1. The van der Waals surface area contributed by atoms with Gasteiger partial charge in [-0.2, -0.15) is 0 Å². The maximum atomic E-state index is 12.6. The molecule has 2 atom stereocenters. The van der Waals surface area contributed by atoms with Gasteiger partial charge in [0.05, 0.1) is 19.3 Å². The summed E-state index contributed by atoms with van der Waals surface area (Å²) in [7, 11) is 0. The van der Waals surface area contributed by atoms with Crippen molar-refractivity contribution in [1.82, 2.24) is 10.2 Å². The van der Waals surface area contributed by atoms with Gasteiger partial charge in [-0.3, -0.25) is 0 Å². The molecule has 1 N–H and O–H groups in total. The number of carbonyl (C=O) groups excluding carboxylic acids is 1. The van der Waals surface area contributed by atoms with Crippen LogP contribution in [0.4, 0.5) is 4.79 Å². The van der Waals surface area contributed by atoms with Crippen LogP contribution in [-0.2, 0) is 9.47 Å². The average Bonchev–Trinajstić information content (AvgIpc) is 3.27. The second kappa shape index (κ2) is 7.22. The van der Waals surface area contributed by atoms with Gasteiger partial charge in [0.1, 0.15) is 11.9 Å². The van der Waals surface area contributed by atoms with Crippen LogP contribution < -0.4 is 10.1 Å². The van der Waals surface area contributed by atoms with Crippen LogP contribution in [0.2, 0.25) is 0 Å². The average molecular weight is 346 g/mol. The van der Waals surface area contributed by atoms with E-state index in [1.807, 2.05) is 35.2 Å². The zero-order chi connectivity index (χ0) is 17.1. The number of piperidine rings is 1.